The highest BCUT2D eigenvalue weighted by atomic mass is 35.5. The topological polar surface area (TPSA) is 12.0 Å². The maximum absolute atomic E-state index is 5.55. The Labute approximate surface area is 118 Å². The lowest BCUT2D eigenvalue weighted by molar-refractivity contribution is 0.485. The van der Waals surface area contributed by atoms with E-state index in [0.717, 1.165) is 25.9 Å². The summed E-state index contributed by atoms with van der Waals surface area (Å²) < 4.78 is 1.36. The van der Waals surface area contributed by atoms with Crippen molar-refractivity contribution >= 4 is 33.8 Å². The molecule has 1 aliphatic heterocycles. The van der Waals surface area contributed by atoms with Gasteiger partial charge in [-0.2, -0.15) is 0 Å². The molecule has 1 nitrogen and oxygen atoms in total. The van der Waals surface area contributed by atoms with Crippen LogP contribution in [-0.4, -0.2) is 13.1 Å². The first-order chi connectivity index (χ1) is 8.34. The molecule has 2 heterocycles. The lowest BCUT2D eigenvalue weighted by Gasteiger charge is -2.26. The summed E-state index contributed by atoms with van der Waals surface area (Å²) in [6, 6.07) is 8.99. The summed E-state index contributed by atoms with van der Waals surface area (Å²) in [5, 5.41) is 6.94. The third-order valence-electron chi connectivity index (χ3n) is 3.75. The van der Waals surface area contributed by atoms with Crippen LogP contribution in [0.25, 0.3) is 10.1 Å². The minimum Gasteiger partial charge on any atom is -0.316 e. The summed E-state index contributed by atoms with van der Waals surface area (Å²) in [5.41, 5.74) is 1.55. The van der Waals surface area contributed by atoms with Gasteiger partial charge >= 0.3 is 0 Å². The maximum atomic E-state index is 5.55. The van der Waals surface area contributed by atoms with Gasteiger partial charge in [0.25, 0.3) is 0 Å². The molecule has 2 aromatic rings. The van der Waals surface area contributed by atoms with Gasteiger partial charge in [-0.15, -0.1) is 36.1 Å². The van der Waals surface area contributed by atoms with Crippen LogP contribution < -0.4 is 5.32 Å². The summed E-state index contributed by atoms with van der Waals surface area (Å²) >= 11 is 1.79. The van der Waals surface area contributed by atoms with Crippen LogP contribution in [0, 0.1) is 12.3 Å². The van der Waals surface area contributed by atoms with Crippen LogP contribution >= 0.6 is 23.7 Å². The van der Waals surface area contributed by atoms with Crippen LogP contribution in [-0.2, 0) is 5.41 Å². The van der Waals surface area contributed by atoms with Crippen LogP contribution in [0.5, 0.6) is 0 Å². The Bertz CT molecular complexity index is 575. The van der Waals surface area contributed by atoms with Gasteiger partial charge in [-0.1, -0.05) is 6.07 Å². The Morgan fingerprint density at radius 1 is 1.39 bits per heavy atom. The molecule has 1 atom stereocenters. The zero-order valence-corrected chi connectivity index (χ0v) is 11.7. The molecule has 1 aromatic carbocycles. The summed E-state index contributed by atoms with van der Waals surface area (Å²) in [4.78, 5) is 0. The number of rotatable bonds is 2. The maximum Gasteiger partial charge on any atom is 0.0342 e. The van der Waals surface area contributed by atoms with Gasteiger partial charge in [0, 0.05) is 23.1 Å². The average molecular weight is 278 g/mol. The van der Waals surface area contributed by atoms with Crippen molar-refractivity contribution < 1.29 is 0 Å². The highest BCUT2D eigenvalue weighted by molar-refractivity contribution is 7.17. The lowest BCUT2D eigenvalue weighted by atomic mass is 9.77. The van der Waals surface area contributed by atoms with E-state index in [1.165, 1.54) is 15.6 Å². The molecule has 0 saturated carbocycles. The highest BCUT2D eigenvalue weighted by Crippen LogP contribution is 2.36. The van der Waals surface area contributed by atoms with Crippen LogP contribution in [0.2, 0.25) is 0 Å². The quantitative estimate of drug-likeness (QED) is 0.828. The minimum absolute atomic E-state index is 0. The minimum atomic E-state index is 0. The first-order valence-electron chi connectivity index (χ1n) is 5.96. The van der Waals surface area contributed by atoms with E-state index in [4.69, 9.17) is 6.42 Å². The van der Waals surface area contributed by atoms with Crippen molar-refractivity contribution in [3.05, 3.63) is 35.2 Å². The van der Waals surface area contributed by atoms with Crippen molar-refractivity contribution in [3.8, 4) is 12.3 Å². The number of hydrogen-bond acceptors (Lipinski definition) is 2. The Kier molecular flexibility index (Phi) is 3.97. The first kappa shape index (κ1) is 13.4. The van der Waals surface area contributed by atoms with E-state index in [2.05, 4.69) is 40.9 Å². The first-order valence-corrected chi connectivity index (χ1v) is 6.84. The molecule has 0 bridgehead atoms. The Hall–Kier alpha value is -1.01. The summed E-state index contributed by atoms with van der Waals surface area (Å²) in [6.45, 7) is 2.08. The van der Waals surface area contributed by atoms with Gasteiger partial charge in [-0.25, -0.2) is 0 Å². The van der Waals surface area contributed by atoms with E-state index in [0.29, 0.717) is 0 Å². The predicted molar refractivity (Wildman–Crippen MR) is 81.7 cm³/mol. The summed E-state index contributed by atoms with van der Waals surface area (Å²) in [5.74, 6) is 2.85. The number of halogens is 1. The van der Waals surface area contributed by atoms with Gasteiger partial charge in [0.1, 0.15) is 0 Å². The number of thiophene rings is 1. The Balaban J connectivity index is 0.00000120. The number of hydrogen-bond donors (Lipinski definition) is 1. The zero-order chi connectivity index (χ0) is 11.7. The third-order valence-corrected chi connectivity index (χ3v) is 4.65. The van der Waals surface area contributed by atoms with Crippen LogP contribution in [0.4, 0.5) is 0 Å². The molecule has 1 aromatic heterocycles. The zero-order valence-electron chi connectivity index (χ0n) is 10.1. The standard InChI is InChI=1S/C15H15NS.ClH/c1-2-6-15(7-8-16-11-15)13-3-4-14-12(10-13)5-9-17-14;/h1,3-5,9-10,16H,6-8,11H2;1H. The van der Waals surface area contributed by atoms with Gasteiger partial charge in [0.15, 0.2) is 0 Å². The van der Waals surface area contributed by atoms with Crippen molar-refractivity contribution in [1.82, 2.24) is 5.32 Å². The molecule has 1 saturated heterocycles. The van der Waals surface area contributed by atoms with E-state index in [9.17, 15) is 0 Å². The molecule has 1 fully saturated rings. The average Bonchev–Trinajstić information content (AvgIpc) is 2.96. The van der Waals surface area contributed by atoms with E-state index in [1.54, 1.807) is 11.3 Å². The highest BCUT2D eigenvalue weighted by Gasteiger charge is 2.34. The Morgan fingerprint density at radius 3 is 3.00 bits per heavy atom. The van der Waals surface area contributed by atoms with Crippen molar-refractivity contribution in [2.75, 3.05) is 13.1 Å². The fourth-order valence-electron chi connectivity index (χ4n) is 2.73. The lowest BCUT2D eigenvalue weighted by Crippen LogP contribution is -2.28. The number of fused-ring (bicyclic) bond motifs is 1. The molecule has 0 aliphatic carbocycles. The molecule has 0 radical (unpaired) electrons. The van der Waals surface area contributed by atoms with Crippen molar-refractivity contribution in [1.29, 1.82) is 0 Å². The fraction of sp³-hybridized carbons (Fsp3) is 0.333. The van der Waals surface area contributed by atoms with Crippen molar-refractivity contribution in [3.63, 3.8) is 0 Å². The molecule has 1 aliphatic rings. The monoisotopic (exact) mass is 277 g/mol. The van der Waals surface area contributed by atoms with E-state index in [-0.39, 0.29) is 17.8 Å². The number of terminal acetylenes is 1. The fourth-order valence-corrected chi connectivity index (χ4v) is 3.51. The third kappa shape index (κ3) is 2.14. The normalized spacial score (nSPS) is 22.6. The van der Waals surface area contributed by atoms with E-state index >= 15 is 0 Å². The molecule has 1 unspecified atom stereocenters. The second-order valence-corrected chi connectivity index (χ2v) is 5.71. The largest absolute Gasteiger partial charge is 0.316 e. The summed E-state index contributed by atoms with van der Waals surface area (Å²) in [7, 11) is 0. The van der Waals surface area contributed by atoms with Gasteiger partial charge in [-0.05, 0) is 47.5 Å². The molecule has 0 spiro atoms. The van der Waals surface area contributed by atoms with Gasteiger partial charge in [0.2, 0.25) is 0 Å². The SMILES string of the molecule is C#CCC1(c2ccc3sccc3c2)CCNC1.Cl. The number of nitrogens with one attached hydrogen (secondary N) is 1. The molecule has 1 N–H and O–H groups in total. The van der Waals surface area contributed by atoms with Crippen molar-refractivity contribution in [2.24, 2.45) is 0 Å². The molecule has 0 amide bonds. The predicted octanol–water partition coefficient (Wildman–Crippen LogP) is 3.58. The molecular formula is C15H16ClNS. The smallest absolute Gasteiger partial charge is 0.0342 e. The van der Waals surface area contributed by atoms with Gasteiger partial charge in [-0.3, -0.25) is 0 Å². The summed E-state index contributed by atoms with van der Waals surface area (Å²) in [6.07, 6.45) is 7.52. The van der Waals surface area contributed by atoms with Crippen molar-refractivity contribution in [2.45, 2.75) is 18.3 Å². The molecule has 18 heavy (non-hydrogen) atoms. The van der Waals surface area contributed by atoms with Gasteiger partial charge in [0.05, 0.1) is 0 Å². The van der Waals surface area contributed by atoms with Crippen LogP contribution in [0.3, 0.4) is 0 Å². The molecular weight excluding hydrogens is 262 g/mol. The Morgan fingerprint density at radius 2 is 2.28 bits per heavy atom. The van der Waals surface area contributed by atoms with Crippen LogP contribution in [0.1, 0.15) is 18.4 Å². The molecule has 94 valence electrons. The molecule has 3 heteroatoms. The van der Waals surface area contributed by atoms with Gasteiger partial charge < -0.3 is 5.32 Å². The van der Waals surface area contributed by atoms with E-state index < -0.39 is 0 Å². The molecule has 3 rings (SSSR count). The van der Waals surface area contributed by atoms with Crippen LogP contribution in [0.15, 0.2) is 29.6 Å². The number of benzene rings is 1. The van der Waals surface area contributed by atoms with E-state index in [1.807, 2.05) is 0 Å². The second-order valence-electron chi connectivity index (χ2n) is 4.76. The second kappa shape index (κ2) is 5.32.